The number of alkyl halides is 3. The quantitative estimate of drug-likeness (QED) is 0.530. The average Bonchev–Trinajstić information content (AvgIpc) is 3.06. The fourth-order valence-electron chi connectivity index (χ4n) is 3.09. The maximum atomic E-state index is 14.3. The van der Waals surface area contributed by atoms with Crippen molar-refractivity contribution < 1.29 is 40.6 Å². The van der Waals surface area contributed by atoms with Crippen LogP contribution in [0.25, 0.3) is 22.4 Å². The number of carbonyl (C=O) groups is 1. The number of hydrogen-bond acceptors (Lipinski definition) is 5. The zero-order valence-electron chi connectivity index (χ0n) is 16.2. The molecule has 32 heavy (non-hydrogen) atoms. The van der Waals surface area contributed by atoms with Crippen molar-refractivity contribution in [1.29, 1.82) is 0 Å². The number of benzene rings is 2. The zero-order chi connectivity index (χ0) is 23.8. The van der Waals surface area contributed by atoms with Gasteiger partial charge >= 0.3 is 12.1 Å². The van der Waals surface area contributed by atoms with Crippen molar-refractivity contribution in [3.05, 3.63) is 54.0 Å². The first kappa shape index (κ1) is 23.2. The predicted molar refractivity (Wildman–Crippen MR) is 104 cm³/mol. The summed E-state index contributed by atoms with van der Waals surface area (Å²) in [5.41, 5.74) is -2.53. The Bertz CT molecular complexity index is 1290. The van der Waals surface area contributed by atoms with Crippen molar-refractivity contribution in [2.75, 3.05) is 7.11 Å². The summed E-state index contributed by atoms with van der Waals surface area (Å²) in [7, 11) is -2.88. The lowest BCUT2D eigenvalue weighted by molar-refractivity contribution is -0.146. The molecule has 0 spiro atoms. The van der Waals surface area contributed by atoms with E-state index in [1.807, 2.05) is 0 Å². The van der Waals surface area contributed by atoms with Crippen molar-refractivity contribution >= 4 is 16.0 Å². The van der Waals surface area contributed by atoms with Gasteiger partial charge in [-0.1, -0.05) is 18.2 Å². The number of rotatable bonds is 6. The third-order valence-electron chi connectivity index (χ3n) is 4.40. The molecule has 0 bridgehead atoms. The van der Waals surface area contributed by atoms with E-state index in [0.29, 0.717) is 0 Å². The normalized spacial score (nSPS) is 12.1. The summed E-state index contributed by atoms with van der Waals surface area (Å²) < 4.78 is 84.2. The number of aromatic nitrogens is 2. The van der Waals surface area contributed by atoms with Crippen LogP contribution < -0.4 is 9.88 Å². The third-order valence-corrected chi connectivity index (χ3v) is 5.33. The lowest BCUT2D eigenvalue weighted by Gasteiger charge is -2.13. The van der Waals surface area contributed by atoms with Crippen LogP contribution in [-0.2, 0) is 27.5 Å². The molecule has 0 aliphatic carbocycles. The molecule has 0 atom stereocenters. The number of aliphatic carboxylic acids is 1. The number of primary sulfonamides is 1. The fraction of sp³-hybridized carbons (Fsp3) is 0.158. The van der Waals surface area contributed by atoms with E-state index in [9.17, 15) is 30.8 Å². The fourth-order valence-corrected chi connectivity index (χ4v) is 3.61. The van der Waals surface area contributed by atoms with Crippen molar-refractivity contribution in [1.82, 2.24) is 9.78 Å². The monoisotopic (exact) mass is 473 g/mol. The van der Waals surface area contributed by atoms with Crippen molar-refractivity contribution in [3.8, 4) is 28.1 Å². The van der Waals surface area contributed by atoms with Gasteiger partial charge in [-0.3, -0.25) is 4.79 Å². The number of nitrogens with zero attached hydrogens (tertiary/aromatic N) is 2. The molecule has 0 aliphatic heterocycles. The number of nitrogens with two attached hydrogens (primary N) is 1. The van der Waals surface area contributed by atoms with Gasteiger partial charge in [0.2, 0.25) is 10.0 Å². The van der Waals surface area contributed by atoms with Gasteiger partial charge in [-0.05, 0) is 29.8 Å². The van der Waals surface area contributed by atoms with Crippen LogP contribution in [0.15, 0.2) is 47.4 Å². The topological polar surface area (TPSA) is 125 Å². The Hall–Kier alpha value is -3.45. The lowest BCUT2D eigenvalue weighted by atomic mass is 9.98. The molecular formula is C19H15F4N3O5S. The molecule has 1 aromatic heterocycles. The van der Waals surface area contributed by atoms with Gasteiger partial charge in [0, 0.05) is 11.1 Å². The van der Waals surface area contributed by atoms with Gasteiger partial charge in [-0.25, -0.2) is 22.6 Å². The molecule has 0 radical (unpaired) electrons. The second-order valence-corrected chi connectivity index (χ2v) is 8.10. The van der Waals surface area contributed by atoms with Crippen LogP contribution in [0.5, 0.6) is 5.75 Å². The molecule has 0 amide bonds. The summed E-state index contributed by atoms with van der Waals surface area (Å²) in [6.07, 6.45) is -5.05. The van der Waals surface area contributed by atoms with Crippen molar-refractivity contribution in [2.45, 2.75) is 17.6 Å². The summed E-state index contributed by atoms with van der Waals surface area (Å²) in [6, 6.07) is 7.54. The van der Waals surface area contributed by atoms with E-state index in [4.69, 9.17) is 15.0 Å². The molecule has 8 nitrogen and oxygen atoms in total. The number of hydrogen-bond donors (Lipinski definition) is 2. The maximum Gasteiger partial charge on any atom is 0.433 e. The Morgan fingerprint density at radius 1 is 1.16 bits per heavy atom. The van der Waals surface area contributed by atoms with Crippen LogP contribution in [0, 0.1) is 5.82 Å². The molecule has 3 N–H and O–H groups in total. The first-order chi connectivity index (χ1) is 14.8. The Kier molecular flexibility index (Phi) is 5.98. The highest BCUT2D eigenvalue weighted by Crippen LogP contribution is 2.43. The summed E-state index contributed by atoms with van der Waals surface area (Å²) in [6.45, 7) is -1.12. The Labute approximate surface area is 178 Å². The number of methoxy groups -OCH3 is 1. The maximum absolute atomic E-state index is 14.3. The molecule has 0 aliphatic rings. The smallest absolute Gasteiger partial charge is 0.433 e. The number of ether oxygens (including phenoxy) is 1. The minimum absolute atomic E-state index is 0.0262. The highest BCUT2D eigenvalue weighted by molar-refractivity contribution is 7.89. The molecule has 170 valence electrons. The van der Waals surface area contributed by atoms with Crippen LogP contribution in [0.4, 0.5) is 17.6 Å². The van der Waals surface area contributed by atoms with Gasteiger partial charge in [0.05, 0.1) is 12.0 Å². The second-order valence-electron chi connectivity index (χ2n) is 6.54. The lowest BCUT2D eigenvalue weighted by Crippen LogP contribution is -2.19. The molecule has 0 unspecified atom stereocenters. The Morgan fingerprint density at radius 2 is 1.75 bits per heavy atom. The van der Waals surface area contributed by atoms with Gasteiger partial charge in [0.25, 0.3) is 0 Å². The van der Waals surface area contributed by atoms with Crippen molar-refractivity contribution in [2.24, 2.45) is 5.14 Å². The predicted octanol–water partition coefficient (Wildman–Crippen LogP) is 3.12. The molecule has 0 saturated heterocycles. The largest absolute Gasteiger partial charge is 0.494 e. The molecule has 2 aromatic carbocycles. The van der Waals surface area contributed by atoms with E-state index < -0.39 is 45.8 Å². The SMILES string of the molecule is COc1ccc(-c2c(-c3ccc(S(N)(=O)=O)cc3)nn(CC(=O)O)c2C(F)(F)F)cc1F. The highest BCUT2D eigenvalue weighted by atomic mass is 32.2. The number of carboxylic acid groups (broad SMARTS) is 1. The van der Waals surface area contributed by atoms with E-state index in [0.717, 1.165) is 36.4 Å². The second kappa shape index (κ2) is 8.24. The summed E-state index contributed by atoms with van der Waals surface area (Å²) in [5.74, 6) is -2.74. The Balaban J connectivity index is 2.34. The zero-order valence-corrected chi connectivity index (χ0v) is 17.0. The molecule has 0 saturated carbocycles. The first-order valence-electron chi connectivity index (χ1n) is 8.70. The summed E-state index contributed by atoms with van der Waals surface area (Å²) in [4.78, 5) is 10.9. The molecule has 0 fully saturated rings. The van der Waals surface area contributed by atoms with Gasteiger partial charge < -0.3 is 9.84 Å². The standard InChI is InChI=1S/C19H15F4N3O5S/c1-31-14-7-4-11(8-13(14)20)16-17(10-2-5-12(6-3-10)32(24,29)30)25-26(9-15(27)28)18(16)19(21,22)23/h2-8H,9H2,1H3,(H,27,28)(H2,24,29,30). The van der Waals surface area contributed by atoms with Crippen LogP contribution in [0.2, 0.25) is 0 Å². The number of halogens is 4. The third kappa shape index (κ3) is 4.57. The molecule has 13 heteroatoms. The van der Waals surface area contributed by atoms with E-state index >= 15 is 0 Å². The minimum Gasteiger partial charge on any atom is -0.494 e. The van der Waals surface area contributed by atoms with Crippen LogP contribution in [0.3, 0.4) is 0 Å². The van der Waals surface area contributed by atoms with E-state index in [-0.39, 0.29) is 32.1 Å². The first-order valence-corrected chi connectivity index (χ1v) is 10.2. The number of carboxylic acids is 1. The van der Waals surface area contributed by atoms with Crippen LogP contribution in [-0.4, -0.2) is 36.4 Å². The van der Waals surface area contributed by atoms with Crippen LogP contribution in [0.1, 0.15) is 5.69 Å². The highest BCUT2D eigenvalue weighted by Gasteiger charge is 2.41. The molecule has 1 heterocycles. The van der Waals surface area contributed by atoms with Crippen molar-refractivity contribution in [3.63, 3.8) is 0 Å². The number of sulfonamides is 1. The summed E-state index contributed by atoms with van der Waals surface area (Å²) in [5, 5.41) is 17.9. The average molecular weight is 473 g/mol. The van der Waals surface area contributed by atoms with Gasteiger partial charge in [-0.15, -0.1) is 0 Å². The molecule has 3 aromatic rings. The van der Waals surface area contributed by atoms with Gasteiger partial charge in [0.15, 0.2) is 17.3 Å². The minimum atomic E-state index is -5.05. The molecule has 3 rings (SSSR count). The summed E-state index contributed by atoms with van der Waals surface area (Å²) >= 11 is 0. The van der Waals surface area contributed by atoms with E-state index in [2.05, 4.69) is 5.10 Å². The van der Waals surface area contributed by atoms with Crippen LogP contribution >= 0.6 is 0 Å². The van der Waals surface area contributed by atoms with E-state index in [1.165, 1.54) is 13.2 Å². The molecular weight excluding hydrogens is 458 g/mol. The van der Waals surface area contributed by atoms with Gasteiger partial charge in [0.1, 0.15) is 12.2 Å². The Morgan fingerprint density at radius 3 is 2.22 bits per heavy atom. The van der Waals surface area contributed by atoms with E-state index in [1.54, 1.807) is 0 Å². The van der Waals surface area contributed by atoms with Gasteiger partial charge in [-0.2, -0.15) is 18.3 Å².